The maximum Gasteiger partial charge on any atom is 0.419 e. The van der Waals surface area contributed by atoms with Crippen molar-refractivity contribution in [3.63, 3.8) is 0 Å². The van der Waals surface area contributed by atoms with E-state index < -0.39 is 23.4 Å². The summed E-state index contributed by atoms with van der Waals surface area (Å²) < 4.78 is 16.1. The Morgan fingerprint density at radius 1 is 1.00 bits per heavy atom. The fourth-order valence-electron chi connectivity index (χ4n) is 2.69. The zero-order chi connectivity index (χ0) is 21.1. The molecule has 0 aliphatic carbocycles. The highest BCUT2D eigenvalue weighted by atomic mass is 16.6. The van der Waals surface area contributed by atoms with Crippen molar-refractivity contribution < 1.29 is 23.8 Å². The van der Waals surface area contributed by atoms with Gasteiger partial charge in [-0.3, -0.25) is 0 Å². The van der Waals surface area contributed by atoms with E-state index in [-0.39, 0.29) is 6.54 Å². The van der Waals surface area contributed by atoms with Gasteiger partial charge in [0.2, 0.25) is 0 Å². The predicted octanol–water partition coefficient (Wildman–Crippen LogP) is 4.89. The van der Waals surface area contributed by atoms with E-state index in [1.54, 1.807) is 48.7 Å². The van der Waals surface area contributed by atoms with Gasteiger partial charge in [0, 0.05) is 18.1 Å². The molecule has 0 aliphatic rings. The van der Waals surface area contributed by atoms with Gasteiger partial charge < -0.3 is 19.2 Å². The number of carbonyl (C=O) groups is 2. The third-order valence-corrected chi connectivity index (χ3v) is 3.82. The largest absolute Gasteiger partial charge is 0.495 e. The van der Waals surface area contributed by atoms with Crippen LogP contribution in [-0.4, -0.2) is 46.9 Å². The lowest BCUT2D eigenvalue weighted by atomic mass is 10.1. The molecule has 1 aromatic carbocycles. The number of methoxy groups -OCH3 is 1. The highest BCUT2D eigenvalue weighted by Gasteiger charge is 2.31. The van der Waals surface area contributed by atoms with Crippen molar-refractivity contribution >= 4 is 23.1 Å². The summed E-state index contributed by atoms with van der Waals surface area (Å²) in [6.45, 7) is 10.7. The number of rotatable bonds is 4. The van der Waals surface area contributed by atoms with Crippen molar-refractivity contribution in [2.75, 3.05) is 13.7 Å². The summed E-state index contributed by atoms with van der Waals surface area (Å²) in [6.07, 6.45) is 0.861. The highest BCUT2D eigenvalue weighted by Crippen LogP contribution is 2.27. The minimum atomic E-state index is -0.723. The average Bonchev–Trinajstić information content (AvgIpc) is 2.95. The first kappa shape index (κ1) is 21.6. The van der Waals surface area contributed by atoms with Gasteiger partial charge in [-0.2, -0.15) is 0 Å². The van der Waals surface area contributed by atoms with E-state index in [1.807, 2.05) is 24.4 Å². The van der Waals surface area contributed by atoms with Crippen molar-refractivity contribution in [3.05, 3.63) is 30.0 Å². The van der Waals surface area contributed by atoms with Crippen LogP contribution in [0.4, 0.5) is 9.59 Å². The van der Waals surface area contributed by atoms with E-state index in [2.05, 4.69) is 4.98 Å². The van der Waals surface area contributed by atoms with Crippen LogP contribution in [0, 0.1) is 0 Å². The van der Waals surface area contributed by atoms with Gasteiger partial charge in [-0.25, -0.2) is 14.5 Å². The Labute approximate surface area is 165 Å². The van der Waals surface area contributed by atoms with Gasteiger partial charge in [0.25, 0.3) is 0 Å². The summed E-state index contributed by atoms with van der Waals surface area (Å²) in [5.74, 6) is 0.736. The number of nitrogens with zero attached hydrogens (tertiary/aromatic N) is 1. The lowest BCUT2D eigenvalue weighted by Gasteiger charge is -2.28. The fraction of sp³-hybridized carbons (Fsp3) is 0.524. The number of imide groups is 1. The molecule has 0 unspecified atom stereocenters. The van der Waals surface area contributed by atoms with Crippen LogP contribution in [0.3, 0.4) is 0 Å². The van der Waals surface area contributed by atoms with Crippen molar-refractivity contribution in [3.8, 4) is 5.75 Å². The molecule has 1 N–H and O–H groups in total. The van der Waals surface area contributed by atoms with Crippen molar-refractivity contribution in [2.45, 2.75) is 59.2 Å². The Morgan fingerprint density at radius 3 is 2.07 bits per heavy atom. The number of H-pyrrole nitrogens is 1. The second-order valence-corrected chi connectivity index (χ2v) is 8.56. The molecular formula is C21H30N2O5. The summed E-state index contributed by atoms with van der Waals surface area (Å²) in [5.41, 5.74) is 0.406. The van der Waals surface area contributed by atoms with Gasteiger partial charge in [-0.15, -0.1) is 0 Å². The lowest BCUT2D eigenvalue weighted by Crippen LogP contribution is -2.44. The standard InChI is InChI=1S/C21H30N2O5/c1-20(2,3)27-18(24)23(19(25)28-21(4,5)6)12-11-14-13-22-17-15(14)9-8-10-16(17)26-7/h8-10,13,22H,11-12H2,1-7H3. The number of hydrogen-bond donors (Lipinski definition) is 1. The third kappa shape index (κ3) is 5.65. The van der Waals surface area contributed by atoms with E-state index in [9.17, 15) is 9.59 Å². The van der Waals surface area contributed by atoms with Gasteiger partial charge in [-0.05, 0) is 59.6 Å². The topological polar surface area (TPSA) is 80.9 Å². The Bertz CT molecular complexity index is 815. The van der Waals surface area contributed by atoms with Gasteiger partial charge in [0.1, 0.15) is 17.0 Å². The van der Waals surface area contributed by atoms with Crippen molar-refractivity contribution in [1.82, 2.24) is 9.88 Å². The minimum absolute atomic E-state index is 0.133. The Balaban J connectivity index is 2.23. The van der Waals surface area contributed by atoms with E-state index in [1.165, 1.54) is 0 Å². The van der Waals surface area contributed by atoms with Gasteiger partial charge in [0.15, 0.2) is 0 Å². The number of amides is 2. The normalized spacial score (nSPS) is 12.0. The molecule has 7 heteroatoms. The number of para-hydroxylation sites is 1. The number of aromatic nitrogens is 1. The first-order chi connectivity index (χ1) is 12.9. The molecule has 0 bridgehead atoms. The number of ether oxygens (including phenoxy) is 3. The van der Waals surface area contributed by atoms with E-state index in [0.717, 1.165) is 27.1 Å². The number of nitrogens with one attached hydrogen (secondary N) is 1. The number of hydrogen-bond acceptors (Lipinski definition) is 5. The zero-order valence-electron chi connectivity index (χ0n) is 17.7. The average molecular weight is 390 g/mol. The van der Waals surface area contributed by atoms with Crippen LogP contribution in [-0.2, 0) is 15.9 Å². The molecule has 154 valence electrons. The molecule has 0 spiro atoms. The molecular weight excluding hydrogens is 360 g/mol. The highest BCUT2D eigenvalue weighted by molar-refractivity contribution is 5.89. The molecule has 1 aromatic heterocycles. The summed E-state index contributed by atoms with van der Waals surface area (Å²) >= 11 is 0. The number of aromatic amines is 1. The SMILES string of the molecule is COc1cccc2c(CCN(C(=O)OC(C)(C)C)C(=O)OC(C)(C)C)c[nH]c12. The number of carbonyl (C=O) groups excluding carboxylic acids is 2. The van der Waals surface area contributed by atoms with Crippen LogP contribution in [0.5, 0.6) is 5.75 Å². The van der Waals surface area contributed by atoms with Crippen LogP contribution in [0.15, 0.2) is 24.4 Å². The maximum atomic E-state index is 12.6. The monoisotopic (exact) mass is 390 g/mol. The first-order valence-electron chi connectivity index (χ1n) is 9.28. The zero-order valence-corrected chi connectivity index (χ0v) is 17.7. The molecule has 2 aromatic rings. The van der Waals surface area contributed by atoms with Crippen molar-refractivity contribution in [2.24, 2.45) is 0 Å². The number of fused-ring (bicyclic) bond motifs is 1. The second-order valence-electron chi connectivity index (χ2n) is 8.56. The molecule has 0 aliphatic heterocycles. The summed E-state index contributed by atoms with van der Waals surface area (Å²) in [6, 6.07) is 5.74. The van der Waals surface area contributed by atoms with Gasteiger partial charge in [0.05, 0.1) is 12.6 Å². The molecule has 2 amide bonds. The fourth-order valence-corrected chi connectivity index (χ4v) is 2.69. The molecule has 1 heterocycles. The summed E-state index contributed by atoms with van der Waals surface area (Å²) in [5, 5.41) is 0.979. The predicted molar refractivity (Wildman–Crippen MR) is 108 cm³/mol. The second kappa shape index (κ2) is 8.12. The Morgan fingerprint density at radius 2 is 1.57 bits per heavy atom. The number of benzene rings is 1. The minimum Gasteiger partial charge on any atom is -0.495 e. The molecule has 28 heavy (non-hydrogen) atoms. The molecule has 2 rings (SSSR count). The van der Waals surface area contributed by atoms with Crippen molar-refractivity contribution in [1.29, 1.82) is 0 Å². The third-order valence-electron chi connectivity index (χ3n) is 3.82. The quantitative estimate of drug-likeness (QED) is 0.804. The van der Waals surface area contributed by atoms with E-state index in [4.69, 9.17) is 14.2 Å². The van der Waals surface area contributed by atoms with E-state index in [0.29, 0.717) is 6.42 Å². The molecule has 0 fully saturated rings. The lowest BCUT2D eigenvalue weighted by molar-refractivity contribution is 0.00172. The Kier molecular flexibility index (Phi) is 6.27. The maximum absolute atomic E-state index is 12.6. The molecule has 0 saturated heterocycles. The van der Waals surface area contributed by atoms with Crippen LogP contribution in [0.1, 0.15) is 47.1 Å². The molecule has 7 nitrogen and oxygen atoms in total. The molecule has 0 radical (unpaired) electrons. The van der Waals surface area contributed by atoms with Crippen LogP contribution >= 0.6 is 0 Å². The van der Waals surface area contributed by atoms with Crippen LogP contribution in [0.25, 0.3) is 10.9 Å². The van der Waals surface area contributed by atoms with Crippen LogP contribution in [0.2, 0.25) is 0 Å². The summed E-state index contributed by atoms with van der Waals surface area (Å²) in [4.78, 5) is 29.4. The van der Waals surface area contributed by atoms with Gasteiger partial charge in [-0.1, -0.05) is 12.1 Å². The smallest absolute Gasteiger partial charge is 0.419 e. The Hall–Kier alpha value is -2.70. The van der Waals surface area contributed by atoms with E-state index >= 15 is 0 Å². The molecule has 0 atom stereocenters. The summed E-state index contributed by atoms with van der Waals surface area (Å²) in [7, 11) is 1.61. The first-order valence-corrected chi connectivity index (χ1v) is 9.28. The van der Waals surface area contributed by atoms with Gasteiger partial charge >= 0.3 is 12.2 Å². The van der Waals surface area contributed by atoms with Crippen LogP contribution < -0.4 is 4.74 Å². The molecule has 0 saturated carbocycles.